The molecule has 5 nitrogen and oxygen atoms in total. The summed E-state index contributed by atoms with van der Waals surface area (Å²) in [6.45, 7) is 3.27. The van der Waals surface area contributed by atoms with Crippen LogP contribution in [0.25, 0.3) is 0 Å². The molecule has 92 valence electrons. The van der Waals surface area contributed by atoms with Crippen LogP contribution in [0.2, 0.25) is 5.15 Å². The molecule has 0 radical (unpaired) electrons. The monoisotopic (exact) mass is 273 g/mol. The van der Waals surface area contributed by atoms with Gasteiger partial charge in [-0.25, -0.2) is 13.4 Å². The summed E-state index contributed by atoms with van der Waals surface area (Å²) in [5.41, 5.74) is 0.803. The zero-order valence-electron chi connectivity index (χ0n) is 9.44. The van der Waals surface area contributed by atoms with Crippen LogP contribution in [0.4, 0.5) is 5.69 Å². The van der Waals surface area contributed by atoms with E-state index in [0.717, 1.165) is 0 Å². The molecule has 0 bridgehead atoms. The van der Waals surface area contributed by atoms with Gasteiger partial charge in [-0.05, 0) is 25.5 Å². The molecule has 1 aromatic rings. The quantitative estimate of drug-likeness (QED) is 0.852. The van der Waals surface area contributed by atoms with Crippen molar-refractivity contribution in [3.63, 3.8) is 0 Å². The van der Waals surface area contributed by atoms with E-state index in [4.69, 9.17) is 16.9 Å². The van der Waals surface area contributed by atoms with Crippen LogP contribution in [0.5, 0.6) is 0 Å². The van der Waals surface area contributed by atoms with E-state index in [1.807, 2.05) is 0 Å². The number of hydrogen-bond donors (Lipinski definition) is 1. The van der Waals surface area contributed by atoms with Crippen LogP contribution in [0.3, 0.4) is 0 Å². The van der Waals surface area contributed by atoms with E-state index in [9.17, 15) is 8.42 Å². The third-order valence-electron chi connectivity index (χ3n) is 2.19. The Morgan fingerprint density at radius 3 is 2.71 bits per heavy atom. The Hall–Kier alpha value is -1.32. The molecule has 7 heteroatoms. The average molecular weight is 274 g/mol. The van der Waals surface area contributed by atoms with Crippen molar-refractivity contribution in [2.45, 2.75) is 25.5 Å². The van der Waals surface area contributed by atoms with Crippen molar-refractivity contribution in [2.75, 3.05) is 4.72 Å². The van der Waals surface area contributed by atoms with Crippen LogP contribution >= 0.6 is 11.6 Å². The topological polar surface area (TPSA) is 82.8 Å². The molecule has 1 N–H and O–H groups in total. The largest absolute Gasteiger partial charge is 0.281 e. The molecule has 1 aromatic heterocycles. The molecule has 0 aliphatic heterocycles. The van der Waals surface area contributed by atoms with Crippen LogP contribution in [0.1, 0.15) is 19.0 Å². The first-order chi connectivity index (χ1) is 7.90. The van der Waals surface area contributed by atoms with Crippen LogP contribution in [-0.2, 0) is 10.0 Å². The van der Waals surface area contributed by atoms with Gasteiger partial charge in [-0.1, -0.05) is 18.5 Å². The number of nitriles is 1. The molecule has 0 aliphatic rings. The zero-order valence-corrected chi connectivity index (χ0v) is 11.0. The molecule has 0 fully saturated rings. The predicted octanol–water partition coefficient (Wildman–Crippen LogP) is 2.09. The molecule has 0 saturated carbocycles. The minimum atomic E-state index is -3.71. The molecule has 17 heavy (non-hydrogen) atoms. The number of hydrogen-bond acceptors (Lipinski definition) is 4. The van der Waals surface area contributed by atoms with Crippen molar-refractivity contribution in [2.24, 2.45) is 0 Å². The van der Waals surface area contributed by atoms with Crippen molar-refractivity contribution in [3.8, 4) is 6.07 Å². The third-order valence-corrected chi connectivity index (χ3v) is 4.10. The average Bonchev–Trinajstić information content (AvgIpc) is 2.23. The van der Waals surface area contributed by atoms with E-state index >= 15 is 0 Å². The summed E-state index contributed by atoms with van der Waals surface area (Å²) in [6.07, 6.45) is 0.228. The highest BCUT2D eigenvalue weighted by Gasteiger charge is 2.23. The lowest BCUT2D eigenvalue weighted by molar-refractivity contribution is 0.592. The summed E-state index contributed by atoms with van der Waals surface area (Å²) in [5, 5.41) is 7.97. The number of nitrogens with zero attached hydrogens (tertiary/aromatic N) is 2. The summed E-state index contributed by atoms with van der Waals surface area (Å²) >= 11 is 5.66. The van der Waals surface area contributed by atoms with Crippen molar-refractivity contribution in [1.82, 2.24) is 4.98 Å². The van der Waals surface area contributed by atoms with E-state index in [0.29, 0.717) is 11.4 Å². The van der Waals surface area contributed by atoms with Crippen molar-refractivity contribution in [1.29, 1.82) is 5.26 Å². The molecule has 1 unspecified atom stereocenters. The van der Waals surface area contributed by atoms with Gasteiger partial charge in [-0.2, -0.15) is 5.26 Å². The number of aromatic nitrogens is 1. The second kappa shape index (κ2) is 5.34. The van der Waals surface area contributed by atoms with Crippen molar-refractivity contribution < 1.29 is 8.42 Å². The van der Waals surface area contributed by atoms with E-state index in [1.165, 1.54) is 12.1 Å². The number of sulfonamides is 1. The van der Waals surface area contributed by atoms with E-state index in [-0.39, 0.29) is 11.6 Å². The van der Waals surface area contributed by atoms with Crippen LogP contribution < -0.4 is 4.72 Å². The first kappa shape index (κ1) is 13.7. The minimum Gasteiger partial charge on any atom is -0.281 e. The molecule has 0 amide bonds. The first-order valence-electron chi connectivity index (χ1n) is 4.95. The van der Waals surface area contributed by atoms with Gasteiger partial charge in [-0.15, -0.1) is 0 Å². The number of halogens is 1. The highest BCUT2D eigenvalue weighted by atomic mass is 35.5. The lowest BCUT2D eigenvalue weighted by Gasteiger charge is -2.12. The zero-order chi connectivity index (χ0) is 13.1. The predicted molar refractivity (Wildman–Crippen MR) is 66.2 cm³/mol. The van der Waals surface area contributed by atoms with Gasteiger partial charge in [0.1, 0.15) is 5.15 Å². The van der Waals surface area contributed by atoms with Gasteiger partial charge in [-0.3, -0.25) is 4.72 Å². The van der Waals surface area contributed by atoms with Crippen molar-refractivity contribution >= 4 is 27.3 Å². The van der Waals surface area contributed by atoms with Crippen LogP contribution in [0.15, 0.2) is 12.1 Å². The van der Waals surface area contributed by atoms with E-state index < -0.39 is 15.3 Å². The Labute approximate surface area is 105 Å². The molecular weight excluding hydrogens is 262 g/mol. The standard InChI is InChI=1S/C10H12ClN3O2S/c1-3-8(6-12)17(15,16)14-9-4-5-10(11)13-7(9)2/h4-5,8,14H,3H2,1-2H3. The van der Waals surface area contributed by atoms with Gasteiger partial charge in [0.25, 0.3) is 0 Å². The van der Waals surface area contributed by atoms with Gasteiger partial charge >= 0.3 is 0 Å². The SMILES string of the molecule is CCC(C#N)S(=O)(=O)Nc1ccc(Cl)nc1C. The third kappa shape index (κ3) is 3.32. The van der Waals surface area contributed by atoms with Crippen LogP contribution in [-0.4, -0.2) is 18.7 Å². The van der Waals surface area contributed by atoms with E-state index in [1.54, 1.807) is 19.9 Å². The fourth-order valence-electron chi connectivity index (χ4n) is 1.24. The summed E-state index contributed by atoms with van der Waals surface area (Å²) in [7, 11) is -3.71. The molecule has 0 spiro atoms. The number of aryl methyl sites for hydroxylation is 1. The fraction of sp³-hybridized carbons (Fsp3) is 0.400. The molecule has 1 heterocycles. The molecule has 1 atom stereocenters. The molecular formula is C10H12ClN3O2S. The highest BCUT2D eigenvalue weighted by molar-refractivity contribution is 7.93. The maximum absolute atomic E-state index is 11.8. The second-order valence-corrected chi connectivity index (χ2v) is 5.69. The Balaban J connectivity index is 3.03. The number of anilines is 1. The second-order valence-electron chi connectivity index (χ2n) is 3.44. The summed E-state index contributed by atoms with van der Waals surface area (Å²) in [5.74, 6) is 0. The Morgan fingerprint density at radius 2 is 2.24 bits per heavy atom. The fourth-order valence-corrected chi connectivity index (χ4v) is 2.67. The van der Waals surface area contributed by atoms with Gasteiger partial charge in [0.15, 0.2) is 5.25 Å². The Kier molecular flexibility index (Phi) is 4.32. The highest BCUT2D eigenvalue weighted by Crippen LogP contribution is 2.18. The molecule has 0 saturated heterocycles. The first-order valence-corrected chi connectivity index (χ1v) is 6.87. The number of rotatable bonds is 4. The van der Waals surface area contributed by atoms with Gasteiger partial charge < -0.3 is 0 Å². The molecule has 1 rings (SSSR count). The van der Waals surface area contributed by atoms with Gasteiger partial charge in [0, 0.05) is 0 Å². The lowest BCUT2D eigenvalue weighted by Crippen LogP contribution is -2.26. The normalized spacial score (nSPS) is 12.8. The summed E-state index contributed by atoms with van der Waals surface area (Å²) in [4.78, 5) is 3.92. The summed E-state index contributed by atoms with van der Waals surface area (Å²) < 4.78 is 26.0. The Bertz CT molecular complexity index is 551. The minimum absolute atomic E-state index is 0.228. The van der Waals surface area contributed by atoms with Crippen molar-refractivity contribution in [3.05, 3.63) is 23.0 Å². The summed E-state index contributed by atoms with van der Waals surface area (Å²) in [6, 6.07) is 4.75. The smallest absolute Gasteiger partial charge is 0.249 e. The maximum atomic E-state index is 11.8. The Morgan fingerprint density at radius 1 is 1.59 bits per heavy atom. The van der Waals surface area contributed by atoms with Gasteiger partial charge in [0.2, 0.25) is 10.0 Å². The van der Waals surface area contributed by atoms with E-state index in [2.05, 4.69) is 9.71 Å². The number of pyridine rings is 1. The number of nitrogens with one attached hydrogen (secondary N) is 1. The van der Waals surface area contributed by atoms with Crippen LogP contribution in [0, 0.1) is 18.3 Å². The molecule has 0 aromatic carbocycles. The van der Waals surface area contributed by atoms with Gasteiger partial charge in [0.05, 0.1) is 17.5 Å². The maximum Gasteiger partial charge on any atom is 0.249 e. The lowest BCUT2D eigenvalue weighted by atomic mass is 10.3. The molecule has 0 aliphatic carbocycles.